The van der Waals surface area contributed by atoms with Gasteiger partial charge in [0.1, 0.15) is 0 Å². The van der Waals surface area contributed by atoms with Crippen LogP contribution in [0.5, 0.6) is 0 Å². The molecule has 1 saturated heterocycles. The Balaban J connectivity index is 2.01. The zero-order valence-electron chi connectivity index (χ0n) is 10.2. The summed E-state index contributed by atoms with van der Waals surface area (Å²) >= 11 is 0. The van der Waals surface area contributed by atoms with Gasteiger partial charge in [-0.2, -0.15) is 0 Å². The van der Waals surface area contributed by atoms with Crippen LogP contribution in [-0.2, 0) is 4.79 Å². The monoisotopic (exact) mass is 254 g/mol. The highest BCUT2D eigenvalue weighted by Crippen LogP contribution is 2.20. The second-order valence-electron chi connectivity index (χ2n) is 4.57. The van der Waals surface area contributed by atoms with E-state index in [1.165, 1.54) is 6.07 Å². The van der Waals surface area contributed by atoms with Crippen molar-refractivity contribution < 1.29 is 13.6 Å². The topological polar surface area (TPSA) is 41.1 Å². The van der Waals surface area contributed by atoms with Crippen LogP contribution in [0.2, 0.25) is 0 Å². The van der Waals surface area contributed by atoms with Gasteiger partial charge in [-0.05, 0) is 19.4 Å². The van der Waals surface area contributed by atoms with Crippen LogP contribution in [0.15, 0.2) is 18.2 Å². The second-order valence-corrected chi connectivity index (χ2v) is 4.57. The Morgan fingerprint density at radius 1 is 1.44 bits per heavy atom. The van der Waals surface area contributed by atoms with Crippen LogP contribution in [0.3, 0.4) is 0 Å². The minimum absolute atomic E-state index is 0.0395. The first-order valence-corrected chi connectivity index (χ1v) is 6.04. The summed E-state index contributed by atoms with van der Waals surface area (Å²) < 4.78 is 26.7. The molecule has 98 valence electrons. The fourth-order valence-electron chi connectivity index (χ4n) is 2.17. The molecule has 1 fully saturated rings. The molecule has 0 aliphatic carbocycles. The quantitative estimate of drug-likeness (QED) is 0.865. The minimum atomic E-state index is -0.835. The van der Waals surface area contributed by atoms with Gasteiger partial charge in [-0.3, -0.25) is 4.79 Å². The van der Waals surface area contributed by atoms with E-state index < -0.39 is 11.6 Å². The molecule has 3 nitrogen and oxygen atoms in total. The van der Waals surface area contributed by atoms with Gasteiger partial charge in [0.05, 0.1) is 0 Å². The predicted molar refractivity (Wildman–Crippen MR) is 63.9 cm³/mol. The first kappa shape index (κ1) is 13.0. The number of rotatable bonds is 3. The smallest absolute Gasteiger partial charge is 0.220 e. The molecule has 2 N–H and O–H groups in total. The Morgan fingerprint density at radius 3 is 2.89 bits per heavy atom. The average Bonchev–Trinajstić information content (AvgIpc) is 2.35. The highest BCUT2D eigenvalue weighted by atomic mass is 19.2. The summed E-state index contributed by atoms with van der Waals surface area (Å²) in [7, 11) is 0. The standard InChI is InChI=1S/C13H16F2N2O/c1-8(10-3-2-4-11(14)13(10)15)17-9-5-6-12(18)16-7-9/h2-4,8-9,17H,5-7H2,1H3,(H,16,18). The maximum Gasteiger partial charge on any atom is 0.220 e. The second kappa shape index (κ2) is 5.44. The van der Waals surface area contributed by atoms with Crippen molar-refractivity contribution in [3.05, 3.63) is 35.4 Å². The van der Waals surface area contributed by atoms with Gasteiger partial charge in [0.2, 0.25) is 5.91 Å². The molecule has 0 aromatic heterocycles. The minimum Gasteiger partial charge on any atom is -0.355 e. The Bertz CT molecular complexity index is 441. The van der Waals surface area contributed by atoms with Gasteiger partial charge in [0.15, 0.2) is 11.6 Å². The Morgan fingerprint density at radius 2 is 2.22 bits per heavy atom. The summed E-state index contributed by atoms with van der Waals surface area (Å²) in [6, 6.07) is 3.97. The number of carbonyl (C=O) groups is 1. The van der Waals surface area contributed by atoms with Crippen molar-refractivity contribution >= 4 is 5.91 Å². The van der Waals surface area contributed by atoms with Gasteiger partial charge in [0, 0.05) is 30.6 Å². The lowest BCUT2D eigenvalue weighted by atomic mass is 10.0. The van der Waals surface area contributed by atoms with E-state index in [2.05, 4.69) is 10.6 Å². The number of hydrogen-bond donors (Lipinski definition) is 2. The van der Waals surface area contributed by atoms with Gasteiger partial charge >= 0.3 is 0 Å². The SMILES string of the molecule is CC(NC1CCC(=O)NC1)c1cccc(F)c1F. The first-order chi connectivity index (χ1) is 8.58. The normalized spacial score (nSPS) is 21.5. The molecule has 0 spiro atoms. The van der Waals surface area contributed by atoms with E-state index in [9.17, 15) is 13.6 Å². The molecule has 1 heterocycles. The van der Waals surface area contributed by atoms with Crippen molar-refractivity contribution in [3.8, 4) is 0 Å². The van der Waals surface area contributed by atoms with Crippen LogP contribution < -0.4 is 10.6 Å². The summed E-state index contributed by atoms with van der Waals surface area (Å²) in [5, 5.41) is 5.95. The van der Waals surface area contributed by atoms with Crippen molar-refractivity contribution in [3.63, 3.8) is 0 Å². The number of benzene rings is 1. The van der Waals surface area contributed by atoms with E-state index in [-0.39, 0.29) is 18.0 Å². The molecular weight excluding hydrogens is 238 g/mol. The van der Waals surface area contributed by atoms with Crippen LogP contribution in [-0.4, -0.2) is 18.5 Å². The molecule has 0 radical (unpaired) electrons. The van der Waals surface area contributed by atoms with Crippen molar-refractivity contribution in [2.75, 3.05) is 6.54 Å². The lowest BCUT2D eigenvalue weighted by Crippen LogP contribution is -2.46. The molecule has 2 unspecified atom stereocenters. The average molecular weight is 254 g/mol. The Hall–Kier alpha value is -1.49. The third-order valence-corrected chi connectivity index (χ3v) is 3.20. The van der Waals surface area contributed by atoms with Crippen LogP contribution in [0.1, 0.15) is 31.4 Å². The lowest BCUT2D eigenvalue weighted by Gasteiger charge is -2.27. The number of hydrogen-bond acceptors (Lipinski definition) is 2. The third kappa shape index (κ3) is 2.85. The molecule has 5 heteroatoms. The molecular formula is C13H16F2N2O. The largest absolute Gasteiger partial charge is 0.355 e. The van der Waals surface area contributed by atoms with E-state index in [0.29, 0.717) is 24.9 Å². The van der Waals surface area contributed by atoms with Gasteiger partial charge in [-0.1, -0.05) is 12.1 Å². The molecule has 18 heavy (non-hydrogen) atoms. The van der Waals surface area contributed by atoms with E-state index in [1.807, 2.05) is 0 Å². The van der Waals surface area contributed by atoms with Gasteiger partial charge in [-0.15, -0.1) is 0 Å². The fraction of sp³-hybridized carbons (Fsp3) is 0.462. The van der Waals surface area contributed by atoms with Gasteiger partial charge in [0.25, 0.3) is 0 Å². The predicted octanol–water partition coefficient (Wildman–Crippen LogP) is 1.89. The number of nitrogens with one attached hydrogen (secondary N) is 2. The Kier molecular flexibility index (Phi) is 3.91. The summed E-state index contributed by atoms with van der Waals surface area (Å²) in [5.41, 5.74) is 0.312. The first-order valence-electron chi connectivity index (χ1n) is 6.04. The van der Waals surface area contributed by atoms with Crippen molar-refractivity contribution in [1.29, 1.82) is 0 Å². The van der Waals surface area contributed by atoms with Crippen molar-refractivity contribution in [2.24, 2.45) is 0 Å². The zero-order chi connectivity index (χ0) is 13.1. The third-order valence-electron chi connectivity index (χ3n) is 3.20. The highest BCUT2D eigenvalue weighted by Gasteiger charge is 2.21. The molecule has 2 rings (SSSR count). The van der Waals surface area contributed by atoms with Crippen LogP contribution >= 0.6 is 0 Å². The van der Waals surface area contributed by atoms with Crippen molar-refractivity contribution in [1.82, 2.24) is 10.6 Å². The summed E-state index contributed by atoms with van der Waals surface area (Å²) in [6.45, 7) is 2.31. The maximum absolute atomic E-state index is 13.6. The van der Waals surface area contributed by atoms with Gasteiger partial charge < -0.3 is 10.6 Å². The molecule has 2 atom stereocenters. The molecule has 0 saturated carbocycles. The van der Waals surface area contributed by atoms with E-state index >= 15 is 0 Å². The van der Waals surface area contributed by atoms with E-state index in [0.717, 1.165) is 6.07 Å². The number of halogens is 2. The number of carbonyl (C=O) groups excluding carboxylic acids is 1. The van der Waals surface area contributed by atoms with Gasteiger partial charge in [-0.25, -0.2) is 8.78 Å². The highest BCUT2D eigenvalue weighted by molar-refractivity contribution is 5.76. The van der Waals surface area contributed by atoms with E-state index in [1.54, 1.807) is 13.0 Å². The van der Waals surface area contributed by atoms with Crippen LogP contribution in [0.4, 0.5) is 8.78 Å². The fourth-order valence-corrected chi connectivity index (χ4v) is 2.17. The van der Waals surface area contributed by atoms with Crippen LogP contribution in [0, 0.1) is 11.6 Å². The maximum atomic E-state index is 13.6. The number of amides is 1. The molecule has 0 bridgehead atoms. The summed E-state index contributed by atoms with van der Waals surface area (Å²) in [4.78, 5) is 11.0. The van der Waals surface area contributed by atoms with Crippen LogP contribution in [0.25, 0.3) is 0 Å². The summed E-state index contributed by atoms with van der Waals surface area (Å²) in [6.07, 6.45) is 1.18. The molecule has 1 amide bonds. The molecule has 1 aromatic rings. The molecule has 1 aromatic carbocycles. The number of piperidine rings is 1. The molecule has 1 aliphatic heterocycles. The molecule has 1 aliphatic rings. The zero-order valence-corrected chi connectivity index (χ0v) is 10.2. The van der Waals surface area contributed by atoms with E-state index in [4.69, 9.17) is 0 Å². The lowest BCUT2D eigenvalue weighted by molar-refractivity contribution is -0.122. The summed E-state index contributed by atoms with van der Waals surface area (Å²) in [5.74, 6) is -1.60. The Labute approximate surface area is 105 Å². The van der Waals surface area contributed by atoms with Crippen molar-refractivity contribution in [2.45, 2.75) is 31.8 Å².